The van der Waals surface area contributed by atoms with E-state index in [1.807, 2.05) is 12.1 Å². The first-order valence-electron chi connectivity index (χ1n) is 8.66. The third-order valence-corrected chi connectivity index (χ3v) is 5.34. The van der Waals surface area contributed by atoms with Crippen LogP contribution in [-0.2, 0) is 11.0 Å². The molecule has 0 aromatic heterocycles. The van der Waals surface area contributed by atoms with Gasteiger partial charge in [0, 0.05) is 5.02 Å². The number of carboxylic acid groups (broad SMARTS) is 1. The molecule has 1 saturated heterocycles. The van der Waals surface area contributed by atoms with Gasteiger partial charge in [0.15, 0.2) is 0 Å². The topological polar surface area (TPSA) is 40.5 Å². The number of halogens is 4. The molecule has 7 heteroatoms. The van der Waals surface area contributed by atoms with Gasteiger partial charge in [-0.2, -0.15) is 13.2 Å². The smallest absolute Gasteiger partial charge is 0.416 e. The number of alkyl halides is 3. The van der Waals surface area contributed by atoms with Crippen molar-refractivity contribution < 1.29 is 23.1 Å². The van der Waals surface area contributed by atoms with Gasteiger partial charge in [-0.15, -0.1) is 0 Å². The molecule has 1 unspecified atom stereocenters. The molecule has 144 valence electrons. The highest BCUT2D eigenvalue weighted by Crippen LogP contribution is 2.37. The Balaban J connectivity index is 1.94. The number of benzene rings is 2. The zero-order valence-corrected chi connectivity index (χ0v) is 15.2. The van der Waals surface area contributed by atoms with Gasteiger partial charge in [-0.05, 0) is 55.3 Å². The lowest BCUT2D eigenvalue weighted by atomic mass is 9.91. The van der Waals surface area contributed by atoms with E-state index in [0.717, 1.165) is 17.7 Å². The highest BCUT2D eigenvalue weighted by atomic mass is 35.5. The van der Waals surface area contributed by atoms with Crippen LogP contribution in [0.1, 0.15) is 35.6 Å². The second-order valence-corrected chi connectivity index (χ2v) is 7.10. The van der Waals surface area contributed by atoms with Crippen LogP contribution >= 0.6 is 11.6 Å². The van der Waals surface area contributed by atoms with Gasteiger partial charge in [-0.25, -0.2) is 0 Å². The number of aliphatic carboxylic acids is 1. The van der Waals surface area contributed by atoms with Crippen molar-refractivity contribution in [2.75, 3.05) is 13.1 Å². The predicted molar refractivity (Wildman–Crippen MR) is 96.7 cm³/mol. The van der Waals surface area contributed by atoms with Crippen molar-refractivity contribution in [2.24, 2.45) is 5.92 Å². The average molecular weight is 398 g/mol. The van der Waals surface area contributed by atoms with Crippen molar-refractivity contribution in [2.45, 2.75) is 25.1 Å². The maximum atomic E-state index is 12.9. The van der Waals surface area contributed by atoms with E-state index in [0.29, 0.717) is 36.5 Å². The van der Waals surface area contributed by atoms with Crippen molar-refractivity contribution in [1.29, 1.82) is 0 Å². The SMILES string of the molecule is O=C(O)C1CCN(C(c2ccc(C(F)(F)F)cc2)c2ccccc2Cl)CC1. The van der Waals surface area contributed by atoms with Crippen LogP contribution in [0.3, 0.4) is 0 Å². The summed E-state index contributed by atoms with van der Waals surface area (Å²) in [7, 11) is 0. The molecular formula is C20H19ClF3NO2. The normalized spacial score (nSPS) is 17.6. The van der Waals surface area contributed by atoms with E-state index in [4.69, 9.17) is 11.6 Å². The Bertz CT molecular complexity index is 800. The Morgan fingerprint density at radius 1 is 1.07 bits per heavy atom. The summed E-state index contributed by atoms with van der Waals surface area (Å²) in [6.45, 7) is 1.07. The van der Waals surface area contributed by atoms with Crippen LogP contribution in [0.25, 0.3) is 0 Å². The Kier molecular flexibility index (Phi) is 5.77. The van der Waals surface area contributed by atoms with Crippen molar-refractivity contribution in [3.05, 3.63) is 70.2 Å². The largest absolute Gasteiger partial charge is 0.481 e. The molecule has 0 aliphatic carbocycles. The molecule has 0 radical (unpaired) electrons. The van der Waals surface area contributed by atoms with Gasteiger partial charge in [0.25, 0.3) is 0 Å². The molecule has 3 nitrogen and oxygen atoms in total. The maximum absolute atomic E-state index is 12.9. The number of hydrogen-bond donors (Lipinski definition) is 1. The molecule has 0 saturated carbocycles. The van der Waals surface area contributed by atoms with Gasteiger partial charge in [-0.3, -0.25) is 9.69 Å². The van der Waals surface area contributed by atoms with Gasteiger partial charge < -0.3 is 5.11 Å². The second kappa shape index (κ2) is 7.90. The zero-order valence-electron chi connectivity index (χ0n) is 14.4. The molecule has 0 spiro atoms. The van der Waals surface area contributed by atoms with Crippen molar-refractivity contribution in [3.63, 3.8) is 0 Å². The standard InChI is InChI=1S/C20H19ClF3NO2/c21-17-4-2-1-3-16(17)18(25-11-9-14(10-12-25)19(26)27)13-5-7-15(8-6-13)20(22,23)24/h1-8,14,18H,9-12H2,(H,26,27). The van der Waals surface area contributed by atoms with E-state index in [9.17, 15) is 23.1 Å². The number of piperidine rings is 1. The summed E-state index contributed by atoms with van der Waals surface area (Å²) in [5.41, 5.74) is 0.798. The Labute approximate surface area is 160 Å². The monoisotopic (exact) mass is 397 g/mol. The summed E-state index contributed by atoms with van der Waals surface area (Å²) in [4.78, 5) is 13.3. The minimum atomic E-state index is -4.39. The lowest BCUT2D eigenvalue weighted by Crippen LogP contribution is -2.39. The first-order chi connectivity index (χ1) is 12.8. The molecule has 1 aliphatic heterocycles. The molecule has 3 rings (SSSR count). The molecular weight excluding hydrogens is 379 g/mol. The second-order valence-electron chi connectivity index (χ2n) is 6.69. The third kappa shape index (κ3) is 4.45. The summed E-state index contributed by atoms with van der Waals surface area (Å²) in [5, 5.41) is 9.73. The Hall–Kier alpha value is -2.05. The molecule has 1 fully saturated rings. The molecule has 2 aromatic carbocycles. The maximum Gasteiger partial charge on any atom is 0.416 e. The number of carboxylic acids is 1. The third-order valence-electron chi connectivity index (χ3n) is 5.00. The zero-order chi connectivity index (χ0) is 19.6. The Morgan fingerprint density at radius 3 is 2.19 bits per heavy atom. The van der Waals surface area contributed by atoms with Crippen LogP contribution < -0.4 is 0 Å². The van der Waals surface area contributed by atoms with Crippen LogP contribution in [-0.4, -0.2) is 29.1 Å². The van der Waals surface area contributed by atoms with Crippen LogP contribution in [0.15, 0.2) is 48.5 Å². The molecule has 1 N–H and O–H groups in total. The van der Waals surface area contributed by atoms with Gasteiger partial charge in [0.2, 0.25) is 0 Å². The molecule has 1 heterocycles. The minimum absolute atomic E-state index is 0.323. The number of likely N-dealkylation sites (tertiary alicyclic amines) is 1. The highest BCUT2D eigenvalue weighted by Gasteiger charge is 2.33. The summed E-state index contributed by atoms with van der Waals surface area (Å²) >= 11 is 6.37. The average Bonchev–Trinajstić information content (AvgIpc) is 2.64. The first-order valence-corrected chi connectivity index (χ1v) is 9.03. The summed E-state index contributed by atoms with van der Waals surface area (Å²) in [6, 6.07) is 12.0. The highest BCUT2D eigenvalue weighted by molar-refractivity contribution is 6.31. The van der Waals surface area contributed by atoms with E-state index in [-0.39, 0.29) is 12.0 Å². The molecule has 27 heavy (non-hydrogen) atoms. The van der Waals surface area contributed by atoms with Crippen molar-refractivity contribution in [1.82, 2.24) is 4.90 Å². The van der Waals surface area contributed by atoms with Gasteiger partial charge in [-0.1, -0.05) is 41.9 Å². The molecule has 0 bridgehead atoms. The van der Waals surface area contributed by atoms with Gasteiger partial charge >= 0.3 is 12.1 Å². The fourth-order valence-electron chi connectivity index (χ4n) is 3.54. The van der Waals surface area contributed by atoms with Gasteiger partial charge in [0.1, 0.15) is 0 Å². The number of carbonyl (C=O) groups is 1. The molecule has 1 atom stereocenters. The number of rotatable bonds is 4. The van der Waals surface area contributed by atoms with Crippen LogP contribution in [0.4, 0.5) is 13.2 Å². The number of hydrogen-bond acceptors (Lipinski definition) is 2. The molecule has 0 amide bonds. The van der Waals surface area contributed by atoms with Crippen molar-refractivity contribution >= 4 is 17.6 Å². The first kappa shape index (κ1) is 19.7. The lowest BCUT2D eigenvalue weighted by Gasteiger charge is -2.37. The van der Waals surface area contributed by atoms with Gasteiger partial charge in [0.05, 0.1) is 17.5 Å². The summed E-state index contributed by atoms with van der Waals surface area (Å²) < 4.78 is 38.7. The summed E-state index contributed by atoms with van der Waals surface area (Å²) in [5.74, 6) is -1.20. The molecule has 1 aliphatic rings. The van der Waals surface area contributed by atoms with E-state index in [1.165, 1.54) is 12.1 Å². The van der Waals surface area contributed by atoms with Crippen LogP contribution in [0, 0.1) is 5.92 Å². The minimum Gasteiger partial charge on any atom is -0.481 e. The fourth-order valence-corrected chi connectivity index (χ4v) is 3.78. The lowest BCUT2D eigenvalue weighted by molar-refractivity contribution is -0.143. The van der Waals surface area contributed by atoms with E-state index in [1.54, 1.807) is 12.1 Å². The predicted octanol–water partition coefficient (Wildman–Crippen LogP) is 5.24. The van der Waals surface area contributed by atoms with E-state index in [2.05, 4.69) is 4.90 Å². The number of nitrogens with zero attached hydrogens (tertiary/aromatic N) is 1. The summed E-state index contributed by atoms with van der Waals surface area (Å²) in [6.07, 6.45) is -3.40. The quantitative estimate of drug-likeness (QED) is 0.766. The van der Waals surface area contributed by atoms with Crippen LogP contribution in [0.2, 0.25) is 5.02 Å². The van der Waals surface area contributed by atoms with E-state index >= 15 is 0 Å². The van der Waals surface area contributed by atoms with Crippen molar-refractivity contribution in [3.8, 4) is 0 Å². The Morgan fingerprint density at radius 2 is 1.67 bits per heavy atom. The molecule has 2 aromatic rings. The fraction of sp³-hybridized carbons (Fsp3) is 0.350. The van der Waals surface area contributed by atoms with E-state index < -0.39 is 17.7 Å². The van der Waals surface area contributed by atoms with Crippen LogP contribution in [0.5, 0.6) is 0 Å².